The van der Waals surface area contributed by atoms with Gasteiger partial charge in [-0.1, -0.05) is 49.9 Å². The summed E-state index contributed by atoms with van der Waals surface area (Å²) in [7, 11) is 0. The number of allylic oxidation sites excluding steroid dienone is 1. The van der Waals surface area contributed by atoms with E-state index in [-0.39, 0.29) is 0 Å². The molecule has 0 unspecified atom stereocenters. The van der Waals surface area contributed by atoms with Gasteiger partial charge in [-0.2, -0.15) is 0 Å². The molecule has 0 radical (unpaired) electrons. The van der Waals surface area contributed by atoms with Crippen LogP contribution in [-0.4, -0.2) is 11.1 Å². The summed E-state index contributed by atoms with van der Waals surface area (Å²) in [5.41, 5.74) is 4.66. The molecule has 0 fully saturated rings. The van der Waals surface area contributed by atoms with Gasteiger partial charge in [-0.25, -0.2) is 4.79 Å². The minimum Gasteiger partial charge on any atom is -0.478 e. The Balaban J connectivity index is 2.27. The van der Waals surface area contributed by atoms with Crippen LogP contribution in [0.4, 0.5) is 0 Å². The van der Waals surface area contributed by atoms with Crippen LogP contribution >= 0.6 is 0 Å². The Labute approximate surface area is 113 Å². The van der Waals surface area contributed by atoms with Gasteiger partial charge in [0.1, 0.15) is 0 Å². The highest BCUT2D eigenvalue weighted by Gasteiger charge is 2.03. The minimum atomic E-state index is -0.902. The molecule has 0 heterocycles. The standard InChI is InChI=1S/C17H16O2/c1-3-12(2)13-4-6-14(7-5-13)15-8-10-16(11-9-15)17(18)19/h4-11H,2-3H2,1H3,(H,18,19). The lowest BCUT2D eigenvalue weighted by atomic mass is 9.99. The maximum atomic E-state index is 10.8. The Bertz CT molecular complexity index is 592. The molecule has 0 aliphatic heterocycles. The molecule has 1 N–H and O–H groups in total. The fourth-order valence-electron chi connectivity index (χ4n) is 1.91. The summed E-state index contributed by atoms with van der Waals surface area (Å²) in [5.74, 6) is -0.902. The van der Waals surface area contributed by atoms with Gasteiger partial charge in [-0.05, 0) is 40.8 Å². The molecule has 0 saturated heterocycles. The minimum absolute atomic E-state index is 0.305. The second-order valence-corrected chi connectivity index (χ2v) is 4.42. The maximum Gasteiger partial charge on any atom is 0.335 e. The monoisotopic (exact) mass is 252 g/mol. The van der Waals surface area contributed by atoms with Gasteiger partial charge in [0, 0.05) is 0 Å². The highest BCUT2D eigenvalue weighted by molar-refractivity contribution is 5.88. The molecule has 2 aromatic rings. The van der Waals surface area contributed by atoms with Crippen LogP contribution in [-0.2, 0) is 0 Å². The zero-order chi connectivity index (χ0) is 13.8. The van der Waals surface area contributed by atoms with Crippen LogP contribution in [0.5, 0.6) is 0 Å². The topological polar surface area (TPSA) is 37.3 Å². The molecule has 0 aliphatic carbocycles. The molecule has 2 aromatic carbocycles. The molecular formula is C17H16O2. The van der Waals surface area contributed by atoms with E-state index in [0.717, 1.165) is 28.7 Å². The first kappa shape index (κ1) is 13.1. The van der Waals surface area contributed by atoms with E-state index >= 15 is 0 Å². The van der Waals surface area contributed by atoms with Gasteiger partial charge < -0.3 is 5.11 Å². The van der Waals surface area contributed by atoms with Crippen molar-refractivity contribution < 1.29 is 9.90 Å². The number of carbonyl (C=O) groups is 1. The molecule has 96 valence electrons. The third-order valence-electron chi connectivity index (χ3n) is 3.19. The number of benzene rings is 2. The molecule has 0 bridgehead atoms. The highest BCUT2D eigenvalue weighted by atomic mass is 16.4. The van der Waals surface area contributed by atoms with Crippen molar-refractivity contribution in [2.75, 3.05) is 0 Å². The van der Waals surface area contributed by atoms with Gasteiger partial charge in [0.2, 0.25) is 0 Å². The fraction of sp³-hybridized carbons (Fsp3) is 0.118. The smallest absolute Gasteiger partial charge is 0.335 e. The maximum absolute atomic E-state index is 10.8. The van der Waals surface area contributed by atoms with Crippen molar-refractivity contribution in [3.8, 4) is 11.1 Å². The number of hydrogen-bond acceptors (Lipinski definition) is 1. The van der Waals surface area contributed by atoms with Crippen LogP contribution in [0.3, 0.4) is 0 Å². The molecule has 0 amide bonds. The predicted octanol–water partition coefficient (Wildman–Crippen LogP) is 4.48. The predicted molar refractivity (Wildman–Crippen MR) is 78.2 cm³/mol. The van der Waals surface area contributed by atoms with Crippen molar-refractivity contribution in [3.63, 3.8) is 0 Å². The van der Waals surface area contributed by atoms with E-state index < -0.39 is 5.97 Å². The van der Waals surface area contributed by atoms with Crippen molar-refractivity contribution in [1.82, 2.24) is 0 Å². The van der Waals surface area contributed by atoms with Gasteiger partial charge in [0.05, 0.1) is 5.56 Å². The second-order valence-electron chi connectivity index (χ2n) is 4.42. The number of carboxylic acids is 1. The number of rotatable bonds is 4. The Morgan fingerprint density at radius 2 is 1.37 bits per heavy atom. The lowest BCUT2D eigenvalue weighted by Gasteiger charge is -2.06. The first-order chi connectivity index (χ1) is 9.11. The van der Waals surface area contributed by atoms with Gasteiger partial charge in [0.25, 0.3) is 0 Å². The molecule has 2 rings (SSSR count). The molecule has 0 aliphatic rings. The van der Waals surface area contributed by atoms with Crippen LogP contribution in [0.1, 0.15) is 29.3 Å². The molecular weight excluding hydrogens is 236 g/mol. The van der Waals surface area contributed by atoms with E-state index in [1.165, 1.54) is 0 Å². The van der Waals surface area contributed by atoms with Crippen molar-refractivity contribution in [2.45, 2.75) is 13.3 Å². The zero-order valence-corrected chi connectivity index (χ0v) is 10.9. The molecule has 0 saturated carbocycles. The van der Waals surface area contributed by atoms with Gasteiger partial charge in [-0.15, -0.1) is 0 Å². The van der Waals surface area contributed by atoms with Crippen molar-refractivity contribution >= 4 is 11.5 Å². The van der Waals surface area contributed by atoms with E-state index in [1.807, 2.05) is 36.4 Å². The summed E-state index contributed by atoms with van der Waals surface area (Å²) in [6, 6.07) is 15.1. The largest absolute Gasteiger partial charge is 0.478 e. The van der Waals surface area contributed by atoms with Crippen LogP contribution < -0.4 is 0 Å². The van der Waals surface area contributed by atoms with Gasteiger partial charge >= 0.3 is 5.97 Å². The normalized spacial score (nSPS) is 10.2. The third kappa shape index (κ3) is 2.91. The first-order valence-electron chi connectivity index (χ1n) is 6.23. The number of aromatic carboxylic acids is 1. The lowest BCUT2D eigenvalue weighted by molar-refractivity contribution is 0.0697. The van der Waals surface area contributed by atoms with E-state index in [1.54, 1.807) is 12.1 Å². The molecule has 0 spiro atoms. The quantitative estimate of drug-likeness (QED) is 0.871. The molecule has 2 heteroatoms. The van der Waals surface area contributed by atoms with Crippen LogP contribution in [0.25, 0.3) is 16.7 Å². The Hall–Kier alpha value is -2.35. The molecule has 19 heavy (non-hydrogen) atoms. The molecule has 0 atom stereocenters. The van der Waals surface area contributed by atoms with Gasteiger partial charge in [-0.3, -0.25) is 0 Å². The summed E-state index contributed by atoms with van der Waals surface area (Å²) in [4.78, 5) is 10.8. The second kappa shape index (κ2) is 5.53. The summed E-state index contributed by atoms with van der Waals surface area (Å²) >= 11 is 0. The van der Waals surface area contributed by atoms with E-state index in [9.17, 15) is 4.79 Å². The van der Waals surface area contributed by atoms with Crippen LogP contribution in [0.15, 0.2) is 55.1 Å². The van der Waals surface area contributed by atoms with Crippen LogP contribution in [0, 0.1) is 0 Å². The summed E-state index contributed by atoms with van der Waals surface area (Å²) in [5, 5.41) is 8.86. The molecule has 0 aromatic heterocycles. The lowest BCUT2D eigenvalue weighted by Crippen LogP contribution is -1.94. The average molecular weight is 252 g/mol. The van der Waals surface area contributed by atoms with Gasteiger partial charge in [0.15, 0.2) is 0 Å². The van der Waals surface area contributed by atoms with Crippen molar-refractivity contribution in [2.24, 2.45) is 0 Å². The summed E-state index contributed by atoms with van der Waals surface area (Å²) < 4.78 is 0. The van der Waals surface area contributed by atoms with E-state index in [2.05, 4.69) is 13.5 Å². The van der Waals surface area contributed by atoms with E-state index in [0.29, 0.717) is 5.56 Å². The third-order valence-corrected chi connectivity index (χ3v) is 3.19. The average Bonchev–Trinajstić information content (AvgIpc) is 2.46. The SMILES string of the molecule is C=C(CC)c1ccc(-c2ccc(C(=O)O)cc2)cc1. The first-order valence-corrected chi connectivity index (χ1v) is 6.23. The summed E-state index contributed by atoms with van der Waals surface area (Å²) in [6.07, 6.45) is 0.937. The van der Waals surface area contributed by atoms with E-state index in [4.69, 9.17) is 5.11 Å². The fourth-order valence-corrected chi connectivity index (χ4v) is 1.91. The number of hydrogen-bond donors (Lipinski definition) is 1. The van der Waals surface area contributed by atoms with Crippen LogP contribution in [0.2, 0.25) is 0 Å². The Morgan fingerprint density at radius 3 is 1.74 bits per heavy atom. The Kier molecular flexibility index (Phi) is 3.81. The number of carboxylic acid groups (broad SMARTS) is 1. The molecule has 2 nitrogen and oxygen atoms in total. The Morgan fingerprint density at radius 1 is 0.947 bits per heavy atom. The highest BCUT2D eigenvalue weighted by Crippen LogP contribution is 2.23. The van der Waals surface area contributed by atoms with Crippen molar-refractivity contribution in [3.05, 3.63) is 66.2 Å². The zero-order valence-electron chi connectivity index (χ0n) is 10.9. The summed E-state index contributed by atoms with van der Waals surface area (Å²) in [6.45, 7) is 6.10. The van der Waals surface area contributed by atoms with Crippen molar-refractivity contribution in [1.29, 1.82) is 0 Å².